The van der Waals surface area contributed by atoms with Crippen LogP contribution in [0.5, 0.6) is 5.75 Å². The van der Waals surface area contributed by atoms with Crippen molar-refractivity contribution < 1.29 is 14.3 Å². The molecule has 0 radical (unpaired) electrons. The first-order chi connectivity index (χ1) is 16.7. The molecule has 34 heavy (non-hydrogen) atoms. The Balaban J connectivity index is 0.973. The zero-order valence-electron chi connectivity index (χ0n) is 21.1. The summed E-state index contributed by atoms with van der Waals surface area (Å²) in [6.07, 6.45) is 14.8. The summed E-state index contributed by atoms with van der Waals surface area (Å²) in [6, 6.07) is 2.10. The number of anilines is 1. The summed E-state index contributed by atoms with van der Waals surface area (Å²) >= 11 is 0. The van der Waals surface area contributed by atoms with E-state index in [0.29, 0.717) is 23.7 Å². The van der Waals surface area contributed by atoms with Gasteiger partial charge in [0.2, 0.25) is 0 Å². The Kier molecular flexibility index (Phi) is 8.05. The summed E-state index contributed by atoms with van der Waals surface area (Å²) in [5, 5.41) is 0. The predicted octanol–water partition coefficient (Wildman–Crippen LogP) is 4.50. The SMILES string of the molecule is CO[C@H]1CC[C@H](CC(=O)CC2CCC(CCN3CCN(c4nccc5c4OCC5)CC3)CC2)C1. The molecule has 0 bridgehead atoms. The number of methoxy groups -OCH3 is 1. The molecule has 4 aliphatic rings. The van der Waals surface area contributed by atoms with Gasteiger partial charge in [-0.15, -0.1) is 0 Å². The third kappa shape index (κ3) is 5.93. The number of aromatic nitrogens is 1. The van der Waals surface area contributed by atoms with E-state index in [0.717, 1.165) is 82.4 Å². The molecule has 2 aliphatic carbocycles. The maximum absolute atomic E-state index is 12.6. The average Bonchev–Trinajstić information content (AvgIpc) is 3.53. The fraction of sp³-hybridized carbons (Fsp3) is 0.786. The van der Waals surface area contributed by atoms with Crippen molar-refractivity contribution in [3.8, 4) is 5.75 Å². The zero-order chi connectivity index (χ0) is 23.3. The van der Waals surface area contributed by atoms with Crippen molar-refractivity contribution in [3.05, 3.63) is 17.8 Å². The normalized spacial score (nSPS) is 29.7. The van der Waals surface area contributed by atoms with Gasteiger partial charge in [-0.2, -0.15) is 0 Å². The fourth-order valence-corrected chi connectivity index (χ4v) is 6.75. The van der Waals surface area contributed by atoms with Gasteiger partial charge in [-0.3, -0.25) is 9.69 Å². The molecule has 2 saturated carbocycles. The lowest BCUT2D eigenvalue weighted by molar-refractivity contribution is -0.121. The van der Waals surface area contributed by atoms with Crippen LogP contribution in [0.25, 0.3) is 0 Å². The van der Waals surface area contributed by atoms with Crippen LogP contribution in [0.15, 0.2) is 12.3 Å². The van der Waals surface area contributed by atoms with Crippen LogP contribution in [0.4, 0.5) is 5.82 Å². The maximum Gasteiger partial charge on any atom is 0.171 e. The minimum absolute atomic E-state index is 0.390. The number of carbonyl (C=O) groups is 1. The van der Waals surface area contributed by atoms with Crippen molar-refractivity contribution >= 4 is 11.6 Å². The largest absolute Gasteiger partial charge is 0.489 e. The molecule has 2 atom stereocenters. The summed E-state index contributed by atoms with van der Waals surface area (Å²) in [5.41, 5.74) is 1.31. The Morgan fingerprint density at radius 3 is 2.53 bits per heavy atom. The van der Waals surface area contributed by atoms with Crippen molar-refractivity contribution in [1.29, 1.82) is 0 Å². The molecule has 1 saturated heterocycles. The smallest absolute Gasteiger partial charge is 0.171 e. The summed E-state index contributed by atoms with van der Waals surface area (Å²) in [6.45, 7) is 6.29. The van der Waals surface area contributed by atoms with Crippen LogP contribution in [0, 0.1) is 17.8 Å². The quantitative estimate of drug-likeness (QED) is 0.531. The highest BCUT2D eigenvalue weighted by atomic mass is 16.5. The minimum Gasteiger partial charge on any atom is -0.489 e. The van der Waals surface area contributed by atoms with Crippen LogP contribution in [-0.2, 0) is 16.0 Å². The van der Waals surface area contributed by atoms with E-state index in [1.807, 2.05) is 6.20 Å². The van der Waals surface area contributed by atoms with Crippen LogP contribution in [0.2, 0.25) is 0 Å². The summed E-state index contributed by atoms with van der Waals surface area (Å²) in [5.74, 6) is 4.62. The van der Waals surface area contributed by atoms with E-state index in [1.165, 1.54) is 50.6 Å². The van der Waals surface area contributed by atoms with E-state index in [-0.39, 0.29) is 0 Å². The number of ketones is 1. The van der Waals surface area contributed by atoms with Crippen molar-refractivity contribution in [1.82, 2.24) is 9.88 Å². The van der Waals surface area contributed by atoms with E-state index >= 15 is 0 Å². The van der Waals surface area contributed by atoms with E-state index < -0.39 is 0 Å². The molecule has 0 aromatic carbocycles. The second kappa shape index (κ2) is 11.4. The Morgan fingerprint density at radius 1 is 1.03 bits per heavy atom. The number of Topliss-reactive ketones (excluding diaryl/α,β-unsaturated/α-hetero) is 1. The van der Waals surface area contributed by atoms with E-state index in [2.05, 4.69) is 20.9 Å². The number of fused-ring (bicyclic) bond motifs is 1. The van der Waals surface area contributed by atoms with Gasteiger partial charge in [0.25, 0.3) is 0 Å². The van der Waals surface area contributed by atoms with Crippen molar-refractivity contribution in [2.45, 2.75) is 76.7 Å². The first-order valence-electron chi connectivity index (χ1n) is 13.8. The number of hydrogen-bond acceptors (Lipinski definition) is 6. The van der Waals surface area contributed by atoms with Gasteiger partial charge < -0.3 is 14.4 Å². The first-order valence-corrected chi connectivity index (χ1v) is 13.8. The highest BCUT2D eigenvalue weighted by Crippen LogP contribution is 2.36. The molecule has 0 N–H and O–H groups in total. The first kappa shape index (κ1) is 24.1. The average molecular weight is 470 g/mol. The molecule has 5 rings (SSSR count). The second-order valence-corrected chi connectivity index (χ2v) is 11.2. The van der Waals surface area contributed by atoms with Gasteiger partial charge in [0.15, 0.2) is 11.6 Å². The third-order valence-electron chi connectivity index (χ3n) is 8.94. The van der Waals surface area contributed by atoms with Gasteiger partial charge in [-0.1, -0.05) is 12.8 Å². The molecule has 188 valence electrons. The van der Waals surface area contributed by atoms with Gasteiger partial charge >= 0.3 is 0 Å². The molecule has 0 amide bonds. The molecule has 1 aromatic heterocycles. The number of ether oxygens (including phenoxy) is 2. The maximum atomic E-state index is 12.6. The lowest BCUT2D eigenvalue weighted by Crippen LogP contribution is -2.47. The van der Waals surface area contributed by atoms with E-state index in [4.69, 9.17) is 9.47 Å². The summed E-state index contributed by atoms with van der Waals surface area (Å²) in [4.78, 5) is 22.3. The van der Waals surface area contributed by atoms with Crippen molar-refractivity contribution in [2.24, 2.45) is 17.8 Å². The van der Waals surface area contributed by atoms with Crippen molar-refractivity contribution in [2.75, 3.05) is 51.3 Å². The highest BCUT2D eigenvalue weighted by Gasteiger charge is 2.29. The van der Waals surface area contributed by atoms with E-state index in [9.17, 15) is 4.79 Å². The fourth-order valence-electron chi connectivity index (χ4n) is 6.75. The van der Waals surface area contributed by atoms with Gasteiger partial charge in [0.05, 0.1) is 12.7 Å². The lowest BCUT2D eigenvalue weighted by atomic mass is 9.78. The van der Waals surface area contributed by atoms with Gasteiger partial charge in [-0.05, 0) is 68.9 Å². The standard InChI is InChI=1S/C28H43N3O3/c1-33-26-7-6-23(20-26)19-25(32)18-22-4-2-21(3-5-22)9-12-30-13-15-31(16-14-30)28-27-24(8-11-29-28)10-17-34-27/h8,11,21-23,26H,2-7,9-10,12-20H2,1H3/t21?,22?,23-,26+/m1/s1. The molecule has 3 heterocycles. The van der Waals surface area contributed by atoms with Gasteiger partial charge in [-0.25, -0.2) is 4.98 Å². The number of piperazine rings is 1. The molecular formula is C28H43N3O3. The molecule has 2 aliphatic heterocycles. The molecule has 0 unspecified atom stereocenters. The molecule has 6 heteroatoms. The molecule has 0 spiro atoms. The number of rotatable bonds is 9. The Hall–Kier alpha value is -1.66. The highest BCUT2D eigenvalue weighted by molar-refractivity contribution is 5.78. The number of hydrogen-bond donors (Lipinski definition) is 0. The zero-order valence-corrected chi connectivity index (χ0v) is 21.1. The summed E-state index contributed by atoms with van der Waals surface area (Å²) in [7, 11) is 1.80. The lowest BCUT2D eigenvalue weighted by Gasteiger charge is -2.37. The van der Waals surface area contributed by atoms with Crippen LogP contribution in [-0.4, -0.2) is 68.2 Å². The van der Waals surface area contributed by atoms with Crippen LogP contribution >= 0.6 is 0 Å². The predicted molar refractivity (Wildman–Crippen MR) is 135 cm³/mol. The van der Waals surface area contributed by atoms with E-state index in [1.54, 1.807) is 7.11 Å². The molecule has 6 nitrogen and oxygen atoms in total. The molecular weight excluding hydrogens is 426 g/mol. The Labute approximate surface area is 205 Å². The molecule has 1 aromatic rings. The number of carbonyl (C=O) groups excluding carboxylic acids is 1. The van der Waals surface area contributed by atoms with Gasteiger partial charge in [0.1, 0.15) is 5.78 Å². The summed E-state index contributed by atoms with van der Waals surface area (Å²) < 4.78 is 11.3. The number of pyridine rings is 1. The third-order valence-corrected chi connectivity index (χ3v) is 8.94. The number of nitrogens with zero attached hydrogens (tertiary/aromatic N) is 3. The van der Waals surface area contributed by atoms with Gasteiger partial charge in [0, 0.05) is 64.3 Å². The second-order valence-electron chi connectivity index (χ2n) is 11.2. The molecule has 3 fully saturated rings. The minimum atomic E-state index is 0.390. The van der Waals surface area contributed by atoms with Crippen LogP contribution < -0.4 is 9.64 Å². The monoisotopic (exact) mass is 469 g/mol. The Bertz CT molecular complexity index is 815. The Morgan fingerprint density at radius 2 is 1.76 bits per heavy atom. The topological polar surface area (TPSA) is 54.9 Å². The van der Waals surface area contributed by atoms with Crippen LogP contribution in [0.1, 0.15) is 69.8 Å². The van der Waals surface area contributed by atoms with Crippen LogP contribution in [0.3, 0.4) is 0 Å². The van der Waals surface area contributed by atoms with Crippen molar-refractivity contribution in [3.63, 3.8) is 0 Å².